The second kappa shape index (κ2) is 6.09. The fourth-order valence-corrected chi connectivity index (χ4v) is 2.49. The summed E-state index contributed by atoms with van der Waals surface area (Å²) < 4.78 is 5.30. The van der Waals surface area contributed by atoms with E-state index in [1.807, 2.05) is 38.2 Å². The number of hydrogen-bond donors (Lipinski definition) is 1. The average Bonchev–Trinajstić information content (AvgIpc) is 2.40. The van der Waals surface area contributed by atoms with E-state index >= 15 is 0 Å². The maximum atomic E-state index is 6.06. The molecule has 1 atom stereocenters. The van der Waals surface area contributed by atoms with Gasteiger partial charge in [0.15, 0.2) is 0 Å². The lowest BCUT2D eigenvalue weighted by Crippen LogP contribution is -2.17. The molecular weight excluding hydrogens is 258 g/mol. The number of halogens is 1. The highest BCUT2D eigenvalue weighted by Crippen LogP contribution is 2.27. The largest absolute Gasteiger partial charge is 0.496 e. The van der Waals surface area contributed by atoms with Gasteiger partial charge in [0.1, 0.15) is 5.75 Å². The smallest absolute Gasteiger partial charge is 0.121 e. The van der Waals surface area contributed by atoms with Gasteiger partial charge in [-0.25, -0.2) is 0 Å². The molecule has 0 fully saturated rings. The van der Waals surface area contributed by atoms with E-state index < -0.39 is 0 Å². The molecule has 0 aromatic heterocycles. The average molecular weight is 276 g/mol. The van der Waals surface area contributed by atoms with Gasteiger partial charge in [0.25, 0.3) is 0 Å². The molecule has 0 spiro atoms. The Kier molecular flexibility index (Phi) is 4.46. The molecule has 0 saturated heterocycles. The van der Waals surface area contributed by atoms with Crippen LogP contribution in [0.1, 0.15) is 22.7 Å². The lowest BCUT2D eigenvalue weighted by molar-refractivity contribution is 0.411. The molecule has 3 heteroatoms. The zero-order valence-electron chi connectivity index (χ0n) is 11.4. The highest BCUT2D eigenvalue weighted by atomic mass is 35.5. The second-order valence-electron chi connectivity index (χ2n) is 4.51. The van der Waals surface area contributed by atoms with Gasteiger partial charge in [0.05, 0.1) is 13.2 Å². The molecule has 0 aliphatic heterocycles. The summed E-state index contributed by atoms with van der Waals surface area (Å²) >= 11 is 6.06. The Morgan fingerprint density at radius 3 is 2.42 bits per heavy atom. The Balaban J connectivity index is 2.39. The quantitative estimate of drug-likeness (QED) is 0.912. The zero-order chi connectivity index (χ0) is 13.8. The summed E-state index contributed by atoms with van der Waals surface area (Å²) in [4.78, 5) is 0. The fraction of sp³-hybridized carbons (Fsp3) is 0.250. The van der Waals surface area contributed by atoms with Crippen LogP contribution < -0.4 is 10.1 Å². The van der Waals surface area contributed by atoms with E-state index in [4.69, 9.17) is 16.3 Å². The van der Waals surface area contributed by atoms with Crippen LogP contribution in [0.2, 0.25) is 5.02 Å². The summed E-state index contributed by atoms with van der Waals surface area (Å²) in [5.41, 5.74) is 3.48. The van der Waals surface area contributed by atoms with E-state index in [0.29, 0.717) is 0 Å². The van der Waals surface area contributed by atoms with E-state index in [9.17, 15) is 0 Å². The summed E-state index contributed by atoms with van der Waals surface area (Å²) in [7, 11) is 3.64. The first-order valence-corrected chi connectivity index (χ1v) is 6.60. The van der Waals surface area contributed by atoms with E-state index in [-0.39, 0.29) is 6.04 Å². The maximum absolute atomic E-state index is 6.06. The number of nitrogens with one attached hydrogen (secondary N) is 1. The summed E-state index contributed by atoms with van der Waals surface area (Å²) in [6, 6.07) is 14.3. The minimum absolute atomic E-state index is 0.128. The normalized spacial score (nSPS) is 12.2. The fourth-order valence-electron chi connectivity index (χ4n) is 2.29. The topological polar surface area (TPSA) is 21.3 Å². The van der Waals surface area contributed by atoms with Gasteiger partial charge in [-0.1, -0.05) is 35.9 Å². The molecule has 2 nitrogen and oxygen atoms in total. The summed E-state index contributed by atoms with van der Waals surface area (Å²) in [5, 5.41) is 4.08. The molecule has 0 aliphatic rings. The predicted molar refractivity (Wildman–Crippen MR) is 80.1 cm³/mol. The first-order valence-electron chi connectivity index (χ1n) is 6.23. The Labute approximate surface area is 119 Å². The molecule has 0 amide bonds. The third-order valence-electron chi connectivity index (χ3n) is 3.22. The number of methoxy groups -OCH3 is 1. The molecule has 0 saturated carbocycles. The molecule has 1 unspecified atom stereocenters. The molecule has 0 bridgehead atoms. The molecule has 0 heterocycles. The first kappa shape index (κ1) is 13.9. The van der Waals surface area contributed by atoms with Gasteiger partial charge in [-0.05, 0) is 48.9 Å². The first-order chi connectivity index (χ1) is 9.15. The Hall–Kier alpha value is -1.51. The second-order valence-corrected chi connectivity index (χ2v) is 4.94. The van der Waals surface area contributed by atoms with Gasteiger partial charge in [0.2, 0.25) is 0 Å². The van der Waals surface area contributed by atoms with Crippen molar-refractivity contribution in [1.82, 2.24) is 5.32 Å². The van der Waals surface area contributed by atoms with Crippen molar-refractivity contribution >= 4 is 11.6 Å². The highest BCUT2D eigenvalue weighted by molar-refractivity contribution is 6.30. The van der Waals surface area contributed by atoms with Crippen molar-refractivity contribution in [3.05, 3.63) is 64.2 Å². The highest BCUT2D eigenvalue weighted by Gasteiger charge is 2.13. The minimum atomic E-state index is 0.128. The van der Waals surface area contributed by atoms with Crippen molar-refractivity contribution < 1.29 is 4.74 Å². The van der Waals surface area contributed by atoms with Crippen LogP contribution in [0.15, 0.2) is 42.5 Å². The minimum Gasteiger partial charge on any atom is -0.496 e. The van der Waals surface area contributed by atoms with Crippen LogP contribution in [0.3, 0.4) is 0 Å². The van der Waals surface area contributed by atoms with Crippen molar-refractivity contribution in [3.8, 4) is 5.75 Å². The van der Waals surface area contributed by atoms with Gasteiger partial charge in [-0.2, -0.15) is 0 Å². The van der Waals surface area contributed by atoms with Crippen LogP contribution in [-0.2, 0) is 0 Å². The molecule has 19 heavy (non-hydrogen) atoms. The number of hydrogen-bond acceptors (Lipinski definition) is 2. The van der Waals surface area contributed by atoms with Crippen molar-refractivity contribution in [2.45, 2.75) is 13.0 Å². The number of rotatable bonds is 4. The van der Waals surface area contributed by atoms with Crippen LogP contribution in [0, 0.1) is 6.92 Å². The maximum Gasteiger partial charge on any atom is 0.121 e. The van der Waals surface area contributed by atoms with Gasteiger partial charge >= 0.3 is 0 Å². The van der Waals surface area contributed by atoms with Gasteiger partial charge < -0.3 is 10.1 Å². The van der Waals surface area contributed by atoms with E-state index in [1.54, 1.807) is 7.11 Å². The van der Waals surface area contributed by atoms with Crippen LogP contribution in [0.5, 0.6) is 5.75 Å². The number of benzene rings is 2. The predicted octanol–water partition coefficient (Wildman–Crippen LogP) is 3.97. The van der Waals surface area contributed by atoms with Crippen molar-refractivity contribution in [2.75, 3.05) is 14.2 Å². The van der Waals surface area contributed by atoms with Gasteiger partial charge in [-0.3, -0.25) is 0 Å². The summed E-state index contributed by atoms with van der Waals surface area (Å²) in [6.45, 7) is 2.05. The SMILES string of the molecule is CNC(c1cccc(Cl)c1)c1ccc(OC)c(C)c1. The van der Waals surface area contributed by atoms with Crippen LogP contribution in [0.25, 0.3) is 0 Å². The molecule has 100 valence electrons. The third kappa shape index (κ3) is 3.09. The molecule has 1 N–H and O–H groups in total. The van der Waals surface area contributed by atoms with Gasteiger partial charge in [0, 0.05) is 5.02 Å². The van der Waals surface area contributed by atoms with Crippen LogP contribution in [0.4, 0.5) is 0 Å². The molecule has 2 aromatic rings. The van der Waals surface area contributed by atoms with E-state index in [2.05, 4.69) is 23.5 Å². The molecule has 2 aromatic carbocycles. The van der Waals surface area contributed by atoms with Crippen molar-refractivity contribution in [1.29, 1.82) is 0 Å². The monoisotopic (exact) mass is 275 g/mol. The lowest BCUT2D eigenvalue weighted by atomic mass is 9.97. The van der Waals surface area contributed by atoms with Crippen molar-refractivity contribution in [2.24, 2.45) is 0 Å². The molecule has 0 aliphatic carbocycles. The van der Waals surface area contributed by atoms with E-state index in [1.165, 1.54) is 5.56 Å². The molecule has 0 radical (unpaired) electrons. The Bertz CT molecular complexity index is 568. The van der Waals surface area contributed by atoms with Crippen molar-refractivity contribution in [3.63, 3.8) is 0 Å². The Morgan fingerprint density at radius 1 is 1.11 bits per heavy atom. The number of ether oxygens (including phenoxy) is 1. The standard InChI is InChI=1S/C16H18ClNO/c1-11-9-13(7-8-15(11)19-3)16(18-2)12-5-4-6-14(17)10-12/h4-10,16,18H,1-3H3. The summed E-state index contributed by atoms with van der Waals surface area (Å²) in [6.07, 6.45) is 0. The number of aryl methyl sites for hydroxylation is 1. The lowest BCUT2D eigenvalue weighted by Gasteiger charge is -2.19. The zero-order valence-corrected chi connectivity index (χ0v) is 12.2. The Morgan fingerprint density at radius 2 is 1.84 bits per heavy atom. The third-order valence-corrected chi connectivity index (χ3v) is 3.46. The van der Waals surface area contributed by atoms with Crippen LogP contribution in [-0.4, -0.2) is 14.2 Å². The molecular formula is C16H18ClNO. The van der Waals surface area contributed by atoms with Crippen LogP contribution >= 0.6 is 11.6 Å². The van der Waals surface area contributed by atoms with Gasteiger partial charge in [-0.15, -0.1) is 0 Å². The molecule has 2 rings (SSSR count). The van der Waals surface area contributed by atoms with E-state index in [0.717, 1.165) is 21.9 Å². The summed E-state index contributed by atoms with van der Waals surface area (Å²) in [5.74, 6) is 0.907.